The van der Waals surface area contributed by atoms with Gasteiger partial charge in [0.2, 0.25) is 0 Å². The predicted octanol–water partition coefficient (Wildman–Crippen LogP) is 5.05. The summed E-state index contributed by atoms with van der Waals surface area (Å²) in [6.45, 7) is 1.44. The molecule has 1 spiro atoms. The van der Waals surface area contributed by atoms with Crippen LogP contribution in [0.5, 0.6) is 5.75 Å². The van der Waals surface area contributed by atoms with Crippen molar-refractivity contribution in [1.82, 2.24) is 9.88 Å². The largest absolute Gasteiger partial charge is 0.485 e. The smallest absolute Gasteiger partial charge is 0.317 e. The van der Waals surface area contributed by atoms with Gasteiger partial charge in [0.25, 0.3) is 0 Å². The molecule has 8 nitrogen and oxygen atoms in total. The Labute approximate surface area is 232 Å². The Morgan fingerprint density at radius 1 is 0.975 bits per heavy atom. The first kappa shape index (κ1) is 25.8. The number of ether oxygens (including phenoxy) is 1. The van der Waals surface area contributed by atoms with Crippen molar-refractivity contribution in [3.63, 3.8) is 0 Å². The van der Waals surface area contributed by atoms with Gasteiger partial charge in [-0.15, -0.1) is 0 Å². The lowest BCUT2D eigenvalue weighted by molar-refractivity contribution is -0.139. The average Bonchev–Trinajstić information content (AvgIpc) is 3.22. The predicted molar refractivity (Wildman–Crippen MR) is 152 cm³/mol. The van der Waals surface area contributed by atoms with Gasteiger partial charge in [-0.3, -0.25) is 14.5 Å². The molecule has 0 unspecified atom stereocenters. The topological polar surface area (TPSA) is 126 Å². The molecule has 0 radical (unpaired) electrons. The molecule has 204 valence electrons. The number of nitrogens with zero attached hydrogens (tertiary/aromatic N) is 2. The fourth-order valence-corrected chi connectivity index (χ4v) is 6.53. The number of pyridine rings is 1. The maximum atomic E-state index is 11.5. The highest BCUT2D eigenvalue weighted by Gasteiger charge is 2.46. The Morgan fingerprint density at radius 2 is 1.77 bits per heavy atom. The molecule has 1 fully saturated rings. The number of fused-ring (bicyclic) bond motifs is 3. The van der Waals surface area contributed by atoms with Crippen LogP contribution in [0, 0.1) is 0 Å². The van der Waals surface area contributed by atoms with Gasteiger partial charge in [0.05, 0.1) is 13.0 Å². The molecule has 1 saturated heterocycles. The van der Waals surface area contributed by atoms with E-state index in [1.54, 1.807) is 12.3 Å². The lowest BCUT2D eigenvalue weighted by Gasteiger charge is -2.39. The molecule has 1 aliphatic carbocycles. The summed E-state index contributed by atoms with van der Waals surface area (Å²) in [6, 6.07) is 21.9. The number of hydrogen-bond acceptors (Lipinski definition) is 6. The van der Waals surface area contributed by atoms with E-state index in [0.29, 0.717) is 30.2 Å². The molecule has 4 N–H and O–H groups in total. The Hall–Kier alpha value is -4.43. The SMILES string of the molecule is Nc1nccc2c(-c3ccc4c(c3)[C@H](Oc3ccccc3CC(=O)O)CC43CCN(CC(=O)O)CC3)cccc12. The number of aromatic nitrogens is 1. The average molecular weight is 538 g/mol. The van der Waals surface area contributed by atoms with E-state index >= 15 is 0 Å². The summed E-state index contributed by atoms with van der Waals surface area (Å²) >= 11 is 0. The highest BCUT2D eigenvalue weighted by atomic mass is 16.5. The molecule has 0 amide bonds. The van der Waals surface area contributed by atoms with Crippen molar-refractivity contribution in [2.75, 3.05) is 25.4 Å². The second kappa shape index (κ2) is 10.3. The van der Waals surface area contributed by atoms with Crippen LogP contribution in [0.4, 0.5) is 5.82 Å². The number of benzene rings is 3. The summed E-state index contributed by atoms with van der Waals surface area (Å²) < 4.78 is 6.65. The van der Waals surface area contributed by atoms with Crippen LogP contribution in [0.15, 0.2) is 72.9 Å². The minimum atomic E-state index is -0.905. The van der Waals surface area contributed by atoms with E-state index in [1.165, 1.54) is 5.56 Å². The van der Waals surface area contributed by atoms with Crippen LogP contribution >= 0.6 is 0 Å². The van der Waals surface area contributed by atoms with Crippen molar-refractivity contribution in [3.05, 3.63) is 89.6 Å². The molecule has 3 aromatic carbocycles. The van der Waals surface area contributed by atoms with E-state index in [1.807, 2.05) is 41.3 Å². The number of carboxylic acid groups (broad SMARTS) is 2. The summed E-state index contributed by atoms with van der Waals surface area (Å²) in [5.41, 5.74) is 11.1. The standard InChI is InChI=1S/C32H31N3O5/c33-31-24-6-3-5-22(23(24)10-13-34-31)20-8-9-26-25(16-20)28(40-27-7-2-1-4-21(27)17-29(36)37)18-32(26)11-14-35(15-12-32)19-30(38)39/h1-10,13,16,28H,11-12,14-15,17-19H2,(H2,33,34)(H,36,37)(H,38,39)/t28-/m1/s1. The number of piperidine rings is 1. The van der Waals surface area contributed by atoms with Crippen LogP contribution in [0.2, 0.25) is 0 Å². The second-order valence-electron chi connectivity index (χ2n) is 10.8. The summed E-state index contributed by atoms with van der Waals surface area (Å²) in [7, 11) is 0. The summed E-state index contributed by atoms with van der Waals surface area (Å²) in [4.78, 5) is 29.1. The van der Waals surface area contributed by atoms with E-state index in [0.717, 1.165) is 46.7 Å². The van der Waals surface area contributed by atoms with E-state index in [-0.39, 0.29) is 24.5 Å². The summed E-state index contributed by atoms with van der Waals surface area (Å²) in [5.74, 6) is -0.647. The monoisotopic (exact) mass is 537 g/mol. The molecule has 40 heavy (non-hydrogen) atoms. The summed E-state index contributed by atoms with van der Waals surface area (Å²) in [6.07, 6.45) is 3.76. The Morgan fingerprint density at radius 3 is 2.55 bits per heavy atom. The molecular formula is C32H31N3O5. The van der Waals surface area contributed by atoms with Crippen molar-refractivity contribution >= 4 is 28.5 Å². The second-order valence-corrected chi connectivity index (χ2v) is 10.8. The third-order valence-electron chi connectivity index (χ3n) is 8.45. The lowest BCUT2D eigenvalue weighted by Crippen LogP contribution is -2.43. The molecule has 0 bridgehead atoms. The quantitative estimate of drug-likeness (QED) is 0.299. The molecule has 2 heterocycles. The first-order valence-corrected chi connectivity index (χ1v) is 13.5. The highest BCUT2D eigenvalue weighted by molar-refractivity contribution is 6.01. The van der Waals surface area contributed by atoms with Crippen molar-refractivity contribution in [3.8, 4) is 16.9 Å². The number of carboxylic acids is 2. The van der Waals surface area contributed by atoms with Crippen LogP contribution in [-0.4, -0.2) is 51.7 Å². The van der Waals surface area contributed by atoms with Crippen LogP contribution < -0.4 is 10.5 Å². The normalized spacial score (nSPS) is 18.1. The van der Waals surface area contributed by atoms with Gasteiger partial charge < -0.3 is 20.7 Å². The molecule has 1 aromatic heterocycles. The van der Waals surface area contributed by atoms with Gasteiger partial charge in [-0.25, -0.2) is 4.98 Å². The molecular weight excluding hydrogens is 506 g/mol. The van der Waals surface area contributed by atoms with Gasteiger partial charge in [0.1, 0.15) is 17.7 Å². The number of carbonyl (C=O) groups is 2. The van der Waals surface area contributed by atoms with Gasteiger partial charge in [0.15, 0.2) is 0 Å². The number of likely N-dealkylation sites (tertiary alicyclic amines) is 1. The number of para-hydroxylation sites is 1. The molecule has 2 aliphatic rings. The van der Waals surface area contributed by atoms with Crippen molar-refractivity contribution in [2.24, 2.45) is 0 Å². The molecule has 4 aromatic rings. The van der Waals surface area contributed by atoms with E-state index in [9.17, 15) is 19.8 Å². The van der Waals surface area contributed by atoms with Gasteiger partial charge in [-0.2, -0.15) is 0 Å². The first-order chi connectivity index (χ1) is 19.3. The number of hydrogen-bond donors (Lipinski definition) is 3. The zero-order valence-electron chi connectivity index (χ0n) is 22.0. The van der Waals surface area contributed by atoms with Crippen LogP contribution in [0.3, 0.4) is 0 Å². The third kappa shape index (κ3) is 4.75. The minimum absolute atomic E-state index is 0.0451. The van der Waals surface area contributed by atoms with Gasteiger partial charge in [-0.05, 0) is 78.2 Å². The van der Waals surface area contributed by atoms with Crippen molar-refractivity contribution < 1.29 is 24.5 Å². The number of nitrogen functional groups attached to an aromatic ring is 1. The lowest BCUT2D eigenvalue weighted by atomic mass is 9.73. The molecule has 1 atom stereocenters. The maximum absolute atomic E-state index is 11.5. The zero-order chi connectivity index (χ0) is 27.9. The van der Waals surface area contributed by atoms with E-state index in [2.05, 4.69) is 29.2 Å². The first-order valence-electron chi connectivity index (χ1n) is 13.5. The fourth-order valence-electron chi connectivity index (χ4n) is 6.53. The highest BCUT2D eigenvalue weighted by Crippen LogP contribution is 2.53. The summed E-state index contributed by atoms with van der Waals surface area (Å²) in [5, 5.41) is 20.7. The van der Waals surface area contributed by atoms with Crippen molar-refractivity contribution in [1.29, 1.82) is 0 Å². The maximum Gasteiger partial charge on any atom is 0.317 e. The Balaban J connectivity index is 1.41. The molecule has 8 heteroatoms. The van der Waals surface area contributed by atoms with Crippen LogP contribution in [0.25, 0.3) is 21.9 Å². The number of nitrogens with two attached hydrogens (primary N) is 1. The minimum Gasteiger partial charge on any atom is -0.485 e. The van der Waals surface area contributed by atoms with Gasteiger partial charge in [0, 0.05) is 22.6 Å². The third-order valence-corrected chi connectivity index (χ3v) is 8.45. The Bertz CT molecular complexity index is 1610. The number of rotatable bonds is 7. The molecule has 6 rings (SSSR count). The fraction of sp³-hybridized carbons (Fsp3) is 0.281. The van der Waals surface area contributed by atoms with E-state index < -0.39 is 11.9 Å². The van der Waals surface area contributed by atoms with Gasteiger partial charge >= 0.3 is 11.9 Å². The molecule has 1 aliphatic heterocycles. The Kier molecular flexibility index (Phi) is 6.64. The number of aliphatic carboxylic acids is 2. The number of anilines is 1. The van der Waals surface area contributed by atoms with Gasteiger partial charge in [-0.1, -0.05) is 48.5 Å². The van der Waals surface area contributed by atoms with Crippen molar-refractivity contribution in [2.45, 2.75) is 37.2 Å². The van der Waals surface area contributed by atoms with E-state index in [4.69, 9.17) is 10.5 Å². The molecule has 0 saturated carbocycles. The van der Waals surface area contributed by atoms with Crippen LogP contribution in [-0.2, 0) is 21.4 Å². The van der Waals surface area contributed by atoms with Crippen LogP contribution in [0.1, 0.15) is 42.1 Å². The zero-order valence-corrected chi connectivity index (χ0v) is 22.0.